The molecule has 0 radical (unpaired) electrons. The van der Waals surface area contributed by atoms with Gasteiger partial charge in [-0.15, -0.1) is 0 Å². The molecule has 0 aromatic heterocycles. The first-order valence-electron chi connectivity index (χ1n) is 6.83. The average Bonchev–Trinajstić information content (AvgIpc) is 2.52. The van der Waals surface area contributed by atoms with E-state index in [0.29, 0.717) is 0 Å². The minimum absolute atomic E-state index is 0.0396. The smallest absolute Gasteiger partial charge is 0.253 e. The van der Waals surface area contributed by atoms with Crippen LogP contribution in [-0.2, 0) is 21.7 Å². The Kier molecular flexibility index (Phi) is 4.88. The minimum Gasteiger partial charge on any atom is -0.272 e. The average molecular weight is 305 g/mol. The van der Waals surface area contributed by atoms with E-state index in [1.807, 2.05) is 30.3 Å². The zero-order valence-corrected chi connectivity index (χ0v) is 12.4. The van der Waals surface area contributed by atoms with Crippen molar-refractivity contribution in [3.8, 4) is 0 Å². The van der Waals surface area contributed by atoms with Crippen molar-refractivity contribution >= 4 is 5.91 Å². The summed E-state index contributed by atoms with van der Waals surface area (Å²) in [5, 5.41) is 0. The third-order valence-electron chi connectivity index (χ3n) is 3.49. The Morgan fingerprint density at radius 2 is 1.77 bits per heavy atom. The van der Waals surface area contributed by atoms with E-state index in [4.69, 9.17) is 4.84 Å². The molecule has 2 aromatic rings. The van der Waals surface area contributed by atoms with E-state index in [2.05, 4.69) is 5.48 Å². The molecule has 1 amide bonds. The van der Waals surface area contributed by atoms with Crippen LogP contribution >= 0.6 is 0 Å². The van der Waals surface area contributed by atoms with Gasteiger partial charge in [-0.25, -0.2) is 14.3 Å². The van der Waals surface area contributed by atoms with Crippen LogP contribution in [0.15, 0.2) is 48.5 Å². The molecule has 1 N–H and O–H groups in total. The summed E-state index contributed by atoms with van der Waals surface area (Å²) in [6, 6.07) is 13.0. The van der Waals surface area contributed by atoms with Crippen LogP contribution in [0.5, 0.6) is 0 Å². The molecule has 0 bridgehead atoms. The molecule has 0 aliphatic heterocycles. The number of rotatable bonds is 5. The van der Waals surface area contributed by atoms with Crippen LogP contribution in [0.25, 0.3) is 0 Å². The van der Waals surface area contributed by atoms with Crippen LogP contribution in [-0.4, -0.2) is 5.91 Å². The fourth-order valence-corrected chi connectivity index (χ4v) is 1.95. The number of amides is 1. The lowest BCUT2D eigenvalue weighted by atomic mass is 9.84. The summed E-state index contributed by atoms with van der Waals surface area (Å²) in [6.07, 6.45) is 0. The third kappa shape index (κ3) is 3.49. The van der Waals surface area contributed by atoms with Crippen molar-refractivity contribution in [2.75, 3.05) is 0 Å². The van der Waals surface area contributed by atoms with Gasteiger partial charge in [0.05, 0.1) is 5.41 Å². The Morgan fingerprint density at radius 3 is 2.45 bits per heavy atom. The first-order valence-corrected chi connectivity index (χ1v) is 6.83. The summed E-state index contributed by atoms with van der Waals surface area (Å²) in [5.74, 6) is -2.29. The Morgan fingerprint density at radius 1 is 1.09 bits per heavy atom. The Labute approximate surface area is 127 Å². The number of hydroxylamine groups is 1. The first kappa shape index (κ1) is 16.1. The molecule has 5 heteroatoms. The zero-order valence-electron chi connectivity index (χ0n) is 12.4. The van der Waals surface area contributed by atoms with Gasteiger partial charge < -0.3 is 0 Å². The summed E-state index contributed by atoms with van der Waals surface area (Å²) < 4.78 is 26.5. The van der Waals surface area contributed by atoms with E-state index in [1.165, 1.54) is 12.1 Å². The lowest BCUT2D eigenvalue weighted by Crippen LogP contribution is -2.40. The van der Waals surface area contributed by atoms with Crippen molar-refractivity contribution in [3.05, 3.63) is 71.3 Å². The summed E-state index contributed by atoms with van der Waals surface area (Å²) in [5.41, 5.74) is 2.35. The molecule has 22 heavy (non-hydrogen) atoms. The van der Waals surface area contributed by atoms with Gasteiger partial charge in [-0.3, -0.25) is 9.63 Å². The number of hydrogen-bond donors (Lipinski definition) is 1. The summed E-state index contributed by atoms with van der Waals surface area (Å²) in [7, 11) is 0. The lowest BCUT2D eigenvalue weighted by molar-refractivity contribution is -0.139. The second-order valence-electron chi connectivity index (χ2n) is 5.42. The fraction of sp³-hybridized carbons (Fsp3) is 0.235. The molecule has 0 saturated heterocycles. The normalized spacial score (nSPS) is 11.3. The van der Waals surface area contributed by atoms with Crippen molar-refractivity contribution in [2.24, 2.45) is 0 Å². The van der Waals surface area contributed by atoms with Gasteiger partial charge in [0.1, 0.15) is 6.61 Å². The van der Waals surface area contributed by atoms with Gasteiger partial charge >= 0.3 is 0 Å². The predicted octanol–water partition coefficient (Wildman–Crippen LogP) is 3.49. The Balaban J connectivity index is 1.97. The van der Waals surface area contributed by atoms with Gasteiger partial charge in [0.25, 0.3) is 5.91 Å². The van der Waals surface area contributed by atoms with Crippen LogP contribution in [0.1, 0.15) is 25.0 Å². The van der Waals surface area contributed by atoms with E-state index < -0.39 is 17.0 Å². The molecule has 2 aromatic carbocycles. The molecule has 0 atom stereocenters. The lowest BCUT2D eigenvalue weighted by Gasteiger charge is -2.23. The van der Waals surface area contributed by atoms with Crippen LogP contribution in [0.3, 0.4) is 0 Å². The van der Waals surface area contributed by atoms with Crippen molar-refractivity contribution in [2.45, 2.75) is 25.9 Å². The number of carbonyl (C=O) groups excluding carboxylic acids is 1. The topological polar surface area (TPSA) is 38.3 Å². The van der Waals surface area contributed by atoms with E-state index in [-0.39, 0.29) is 18.1 Å². The second kappa shape index (κ2) is 6.66. The fourth-order valence-electron chi connectivity index (χ4n) is 1.95. The highest BCUT2D eigenvalue weighted by Crippen LogP contribution is 2.23. The van der Waals surface area contributed by atoms with Crippen LogP contribution in [0, 0.1) is 11.6 Å². The number of carbonyl (C=O) groups is 1. The first-order chi connectivity index (χ1) is 10.4. The molecule has 116 valence electrons. The number of benzene rings is 2. The maximum absolute atomic E-state index is 13.5. The second-order valence-corrected chi connectivity index (χ2v) is 5.42. The SMILES string of the molecule is CC(C)(C(=O)NOCc1cccc(F)c1F)c1ccccc1. The molecule has 0 fully saturated rings. The van der Waals surface area contributed by atoms with Crippen molar-refractivity contribution in [1.82, 2.24) is 5.48 Å². The molecule has 0 saturated carbocycles. The van der Waals surface area contributed by atoms with E-state index in [1.54, 1.807) is 13.8 Å². The van der Waals surface area contributed by atoms with Gasteiger partial charge in [0, 0.05) is 5.56 Å². The highest BCUT2D eigenvalue weighted by atomic mass is 19.2. The van der Waals surface area contributed by atoms with Crippen LogP contribution in [0.4, 0.5) is 8.78 Å². The largest absolute Gasteiger partial charge is 0.272 e. The molecule has 0 heterocycles. The summed E-state index contributed by atoms with van der Waals surface area (Å²) in [4.78, 5) is 17.2. The van der Waals surface area contributed by atoms with Gasteiger partial charge in [-0.05, 0) is 25.5 Å². The molecule has 3 nitrogen and oxygen atoms in total. The molecule has 0 unspecified atom stereocenters. The highest BCUT2D eigenvalue weighted by molar-refractivity contribution is 5.86. The van der Waals surface area contributed by atoms with E-state index in [0.717, 1.165) is 11.6 Å². The van der Waals surface area contributed by atoms with Gasteiger partial charge in [0.15, 0.2) is 11.6 Å². The van der Waals surface area contributed by atoms with Gasteiger partial charge in [-0.2, -0.15) is 0 Å². The van der Waals surface area contributed by atoms with Crippen LogP contribution < -0.4 is 5.48 Å². The Bertz CT molecular complexity index is 657. The summed E-state index contributed by atoms with van der Waals surface area (Å²) >= 11 is 0. The number of halogens is 2. The van der Waals surface area contributed by atoms with E-state index in [9.17, 15) is 13.6 Å². The van der Waals surface area contributed by atoms with Crippen molar-refractivity contribution in [3.63, 3.8) is 0 Å². The van der Waals surface area contributed by atoms with Crippen molar-refractivity contribution in [1.29, 1.82) is 0 Å². The molecule has 2 rings (SSSR count). The molecule has 0 spiro atoms. The number of nitrogens with one attached hydrogen (secondary N) is 1. The quantitative estimate of drug-likeness (QED) is 0.859. The Hall–Kier alpha value is -2.27. The third-order valence-corrected chi connectivity index (χ3v) is 3.49. The predicted molar refractivity (Wildman–Crippen MR) is 78.8 cm³/mol. The standard InChI is InChI=1S/C17H17F2NO2/c1-17(2,13-8-4-3-5-9-13)16(21)20-22-11-12-7-6-10-14(18)15(12)19/h3-10H,11H2,1-2H3,(H,20,21). The van der Waals surface area contributed by atoms with Crippen LogP contribution in [0.2, 0.25) is 0 Å². The van der Waals surface area contributed by atoms with Crippen molar-refractivity contribution < 1.29 is 18.4 Å². The number of hydrogen-bond acceptors (Lipinski definition) is 2. The van der Waals surface area contributed by atoms with E-state index >= 15 is 0 Å². The highest BCUT2D eigenvalue weighted by Gasteiger charge is 2.29. The maximum Gasteiger partial charge on any atom is 0.253 e. The minimum atomic E-state index is -0.973. The monoisotopic (exact) mass is 305 g/mol. The zero-order chi connectivity index (χ0) is 16.2. The molecular weight excluding hydrogens is 288 g/mol. The molecular formula is C17H17F2NO2. The molecule has 0 aliphatic carbocycles. The van der Waals surface area contributed by atoms with Gasteiger partial charge in [-0.1, -0.05) is 42.5 Å². The maximum atomic E-state index is 13.5. The summed E-state index contributed by atoms with van der Waals surface area (Å²) in [6.45, 7) is 3.26. The van der Waals surface area contributed by atoms with Gasteiger partial charge in [0.2, 0.25) is 0 Å². The molecule has 0 aliphatic rings.